The molecule has 2 aromatic rings. The summed E-state index contributed by atoms with van der Waals surface area (Å²) in [6, 6.07) is 20.7. The highest BCUT2D eigenvalue weighted by atomic mass is 16.2. The molecule has 3 aliphatic heterocycles. The number of amides is 2. The topological polar surface area (TPSA) is 67.9 Å². The number of para-hydroxylation sites is 2. The normalized spacial score (nSPS) is 28.4. The first-order valence-electron chi connectivity index (χ1n) is 12.6. The van der Waals surface area contributed by atoms with Crippen LogP contribution in [0, 0.1) is 11.8 Å². The summed E-state index contributed by atoms with van der Waals surface area (Å²) in [5.41, 5.74) is 7.99. The molecular weight excluding hydrogens is 426 g/mol. The van der Waals surface area contributed by atoms with Crippen molar-refractivity contribution in [3.8, 4) is 0 Å². The molecule has 3 saturated heterocycles. The van der Waals surface area contributed by atoms with Crippen LogP contribution in [0.25, 0.3) is 0 Å². The van der Waals surface area contributed by atoms with E-state index in [0.717, 1.165) is 37.2 Å². The number of fused-ring (bicyclic) bond motifs is 1. The van der Waals surface area contributed by atoms with Gasteiger partial charge in [0.05, 0.1) is 6.67 Å². The van der Waals surface area contributed by atoms with Crippen LogP contribution in [-0.4, -0.2) is 54.6 Å². The van der Waals surface area contributed by atoms with E-state index in [1.807, 2.05) is 58.3 Å². The van der Waals surface area contributed by atoms with Gasteiger partial charge in [-0.05, 0) is 62.3 Å². The molecule has 2 aromatic carbocycles. The molecule has 2 N–H and O–H groups in total. The van der Waals surface area contributed by atoms with Crippen molar-refractivity contribution in [2.45, 2.75) is 43.7 Å². The standard InChI is InChI=1S/C27H33N5O2/c33-25(20-11-12-24-21(17-20)18-28-29-24)30-15-13-27(14-16-30)26(34)31(22-7-3-1-4-8-22)19-32(27)23-9-5-2-6-10-23/h1-10,20-21,24,28-29H,11-19H2. The predicted molar refractivity (Wildman–Crippen MR) is 132 cm³/mol. The Balaban J connectivity index is 1.21. The third kappa shape index (κ3) is 3.58. The van der Waals surface area contributed by atoms with Crippen molar-refractivity contribution in [3.05, 3.63) is 60.7 Å². The molecule has 1 spiro atoms. The Morgan fingerprint density at radius 3 is 2.29 bits per heavy atom. The smallest absolute Gasteiger partial charge is 0.254 e. The molecule has 3 heterocycles. The van der Waals surface area contributed by atoms with E-state index in [1.54, 1.807) is 0 Å². The van der Waals surface area contributed by atoms with Crippen molar-refractivity contribution in [2.24, 2.45) is 11.8 Å². The summed E-state index contributed by atoms with van der Waals surface area (Å²) in [6.45, 7) is 2.76. The molecule has 0 aromatic heterocycles. The number of piperidine rings is 1. The van der Waals surface area contributed by atoms with Gasteiger partial charge in [-0.15, -0.1) is 0 Å². The fraction of sp³-hybridized carbons (Fsp3) is 0.481. The van der Waals surface area contributed by atoms with Gasteiger partial charge >= 0.3 is 0 Å². The molecule has 3 unspecified atom stereocenters. The first kappa shape index (κ1) is 21.6. The molecule has 7 heteroatoms. The summed E-state index contributed by atoms with van der Waals surface area (Å²) < 4.78 is 0. The number of hydrogen-bond acceptors (Lipinski definition) is 5. The van der Waals surface area contributed by atoms with Crippen LogP contribution in [0.2, 0.25) is 0 Å². The van der Waals surface area contributed by atoms with Crippen molar-refractivity contribution >= 4 is 23.2 Å². The number of nitrogens with zero attached hydrogens (tertiary/aromatic N) is 3. The third-order valence-corrected chi connectivity index (χ3v) is 8.46. The average molecular weight is 460 g/mol. The molecule has 4 aliphatic rings. The molecule has 1 aliphatic carbocycles. The summed E-state index contributed by atoms with van der Waals surface area (Å²) in [7, 11) is 0. The van der Waals surface area contributed by atoms with E-state index in [4.69, 9.17) is 0 Å². The Hall–Kier alpha value is -2.90. The Bertz CT molecular complexity index is 1040. The minimum absolute atomic E-state index is 0.113. The van der Waals surface area contributed by atoms with Crippen molar-refractivity contribution in [2.75, 3.05) is 36.1 Å². The first-order chi connectivity index (χ1) is 16.7. The van der Waals surface area contributed by atoms with Crippen LogP contribution < -0.4 is 20.7 Å². The van der Waals surface area contributed by atoms with Gasteiger partial charge < -0.3 is 9.80 Å². The maximum Gasteiger partial charge on any atom is 0.254 e. The number of anilines is 2. The molecule has 0 bridgehead atoms. The van der Waals surface area contributed by atoms with Crippen LogP contribution in [0.5, 0.6) is 0 Å². The van der Waals surface area contributed by atoms with E-state index in [1.165, 1.54) is 0 Å². The molecule has 3 atom stereocenters. The highest BCUT2D eigenvalue weighted by molar-refractivity contribution is 6.06. The highest BCUT2D eigenvalue weighted by Gasteiger charge is 2.54. The second-order valence-corrected chi connectivity index (χ2v) is 10.2. The van der Waals surface area contributed by atoms with Crippen LogP contribution in [-0.2, 0) is 9.59 Å². The predicted octanol–water partition coefficient (Wildman–Crippen LogP) is 2.75. The van der Waals surface area contributed by atoms with Gasteiger partial charge in [-0.3, -0.25) is 25.3 Å². The van der Waals surface area contributed by atoms with E-state index in [0.29, 0.717) is 44.6 Å². The van der Waals surface area contributed by atoms with E-state index in [2.05, 4.69) is 27.9 Å². The third-order valence-electron chi connectivity index (χ3n) is 8.46. The van der Waals surface area contributed by atoms with E-state index < -0.39 is 5.54 Å². The summed E-state index contributed by atoms with van der Waals surface area (Å²) in [6.07, 6.45) is 4.29. The molecule has 7 nitrogen and oxygen atoms in total. The van der Waals surface area contributed by atoms with Gasteiger partial charge in [0.25, 0.3) is 5.91 Å². The monoisotopic (exact) mass is 459 g/mol. The minimum atomic E-state index is -0.606. The van der Waals surface area contributed by atoms with Gasteiger partial charge in [-0.25, -0.2) is 0 Å². The van der Waals surface area contributed by atoms with Crippen molar-refractivity contribution in [1.82, 2.24) is 15.8 Å². The van der Waals surface area contributed by atoms with Crippen LogP contribution in [0.3, 0.4) is 0 Å². The lowest BCUT2D eigenvalue weighted by Gasteiger charge is -2.44. The fourth-order valence-corrected chi connectivity index (χ4v) is 6.52. The van der Waals surface area contributed by atoms with E-state index in [-0.39, 0.29) is 17.7 Å². The Morgan fingerprint density at radius 1 is 0.912 bits per heavy atom. The Labute approximate surface area is 201 Å². The van der Waals surface area contributed by atoms with Gasteiger partial charge in [0.1, 0.15) is 5.54 Å². The lowest BCUT2D eigenvalue weighted by atomic mass is 9.77. The number of hydrogen-bond donors (Lipinski definition) is 2. The van der Waals surface area contributed by atoms with Gasteiger partial charge in [0, 0.05) is 43.0 Å². The van der Waals surface area contributed by atoms with Crippen LogP contribution in [0.1, 0.15) is 32.1 Å². The highest BCUT2D eigenvalue weighted by Crippen LogP contribution is 2.42. The number of nitrogens with one attached hydrogen (secondary N) is 2. The van der Waals surface area contributed by atoms with Gasteiger partial charge in [0.15, 0.2) is 0 Å². The number of carbonyl (C=O) groups is 2. The zero-order chi connectivity index (χ0) is 23.1. The van der Waals surface area contributed by atoms with Crippen LogP contribution in [0.15, 0.2) is 60.7 Å². The molecule has 4 fully saturated rings. The van der Waals surface area contributed by atoms with Crippen LogP contribution >= 0.6 is 0 Å². The first-order valence-corrected chi connectivity index (χ1v) is 12.6. The van der Waals surface area contributed by atoms with E-state index in [9.17, 15) is 9.59 Å². The van der Waals surface area contributed by atoms with Gasteiger partial charge in [-0.2, -0.15) is 0 Å². The van der Waals surface area contributed by atoms with Crippen molar-refractivity contribution < 1.29 is 9.59 Å². The summed E-state index contributed by atoms with van der Waals surface area (Å²) in [4.78, 5) is 33.6. The summed E-state index contributed by atoms with van der Waals surface area (Å²) in [5, 5.41) is 0. The number of rotatable bonds is 3. The van der Waals surface area contributed by atoms with Crippen LogP contribution in [0.4, 0.5) is 11.4 Å². The lowest BCUT2D eigenvalue weighted by Crippen LogP contribution is -2.58. The molecular formula is C27H33N5O2. The zero-order valence-electron chi connectivity index (χ0n) is 19.5. The second kappa shape index (κ2) is 8.71. The molecule has 0 radical (unpaired) electrons. The largest absolute Gasteiger partial charge is 0.342 e. The summed E-state index contributed by atoms with van der Waals surface area (Å²) in [5.74, 6) is 1.10. The van der Waals surface area contributed by atoms with Crippen molar-refractivity contribution in [3.63, 3.8) is 0 Å². The summed E-state index contributed by atoms with van der Waals surface area (Å²) >= 11 is 0. The fourth-order valence-electron chi connectivity index (χ4n) is 6.52. The quantitative estimate of drug-likeness (QED) is 0.739. The van der Waals surface area contributed by atoms with Gasteiger partial charge in [0.2, 0.25) is 5.91 Å². The molecule has 2 amide bonds. The SMILES string of the molecule is O=C(C1CCC2NNCC2C1)N1CCC2(CC1)C(=O)N(c1ccccc1)CN2c1ccccc1. The molecule has 1 saturated carbocycles. The van der Waals surface area contributed by atoms with Gasteiger partial charge in [-0.1, -0.05) is 36.4 Å². The molecule has 6 rings (SSSR count). The molecule has 34 heavy (non-hydrogen) atoms. The van der Waals surface area contributed by atoms with Crippen molar-refractivity contribution in [1.29, 1.82) is 0 Å². The zero-order valence-corrected chi connectivity index (χ0v) is 19.5. The average Bonchev–Trinajstić information content (AvgIpc) is 3.48. The number of carbonyl (C=O) groups excluding carboxylic acids is 2. The maximum atomic E-state index is 13.9. The second-order valence-electron chi connectivity index (χ2n) is 10.2. The lowest BCUT2D eigenvalue weighted by molar-refractivity contribution is -0.140. The Morgan fingerprint density at radius 2 is 1.59 bits per heavy atom. The Kier molecular flexibility index (Phi) is 5.54. The number of benzene rings is 2. The number of likely N-dealkylation sites (tertiary alicyclic amines) is 1. The number of hydrazine groups is 1. The minimum Gasteiger partial charge on any atom is -0.342 e. The van der Waals surface area contributed by atoms with E-state index >= 15 is 0 Å². The molecule has 178 valence electrons. The maximum absolute atomic E-state index is 13.9.